The van der Waals surface area contributed by atoms with Crippen molar-refractivity contribution in [3.63, 3.8) is 0 Å². The largest absolute Gasteiger partial charge is 0.437 e. The van der Waals surface area contributed by atoms with Gasteiger partial charge in [0.15, 0.2) is 5.82 Å². The number of aryl methyl sites for hydroxylation is 2. The van der Waals surface area contributed by atoms with Gasteiger partial charge in [-0.3, -0.25) is 10.00 Å². The van der Waals surface area contributed by atoms with E-state index in [0.717, 1.165) is 5.69 Å². The number of nitrogens with one attached hydrogen (secondary N) is 2. The lowest BCUT2D eigenvalue weighted by atomic mass is 10.4. The summed E-state index contributed by atoms with van der Waals surface area (Å²) in [5, 5.41) is 6.61. The van der Waals surface area contributed by atoms with Gasteiger partial charge in [-0.2, -0.15) is 5.10 Å². The van der Waals surface area contributed by atoms with Crippen molar-refractivity contribution in [1.82, 2.24) is 9.78 Å². The lowest BCUT2D eigenvalue weighted by Gasteiger charge is -2.14. The predicted molar refractivity (Wildman–Crippen MR) is 41.7 cm³/mol. The van der Waals surface area contributed by atoms with Gasteiger partial charge >= 0.3 is 6.09 Å². The minimum Gasteiger partial charge on any atom is -0.324 e. The van der Waals surface area contributed by atoms with Crippen molar-refractivity contribution >= 4 is 17.6 Å². The lowest BCUT2D eigenvalue weighted by Crippen LogP contribution is -2.24. The average Bonchev–Trinajstić information content (AvgIpc) is 2.28. The molecule has 1 amide bonds. The van der Waals surface area contributed by atoms with Gasteiger partial charge in [-0.15, -0.1) is 0 Å². The quantitative estimate of drug-likeness (QED) is 0.595. The smallest absolute Gasteiger partial charge is 0.324 e. The summed E-state index contributed by atoms with van der Waals surface area (Å²) in [5.74, 6) is 0.628. The highest BCUT2D eigenvalue weighted by Gasteiger charge is 2.21. The summed E-state index contributed by atoms with van der Waals surface area (Å²) in [7, 11) is 1.75. The van der Waals surface area contributed by atoms with Crippen molar-refractivity contribution < 1.29 is 9.63 Å². The maximum atomic E-state index is 10.8. The number of nitrogens with zero attached hydrogens (tertiary/aromatic N) is 2. The molecule has 12 heavy (non-hydrogen) atoms. The molecule has 1 aromatic heterocycles. The Morgan fingerprint density at radius 3 is 3.08 bits per heavy atom. The van der Waals surface area contributed by atoms with Crippen molar-refractivity contribution in [3.8, 4) is 0 Å². The van der Waals surface area contributed by atoms with E-state index in [1.807, 2.05) is 6.92 Å². The van der Waals surface area contributed by atoms with Crippen LogP contribution in [0.15, 0.2) is 0 Å². The minimum absolute atomic E-state index is 0.523. The molecule has 0 radical (unpaired) electrons. The molecule has 0 unspecified atom stereocenters. The summed E-state index contributed by atoms with van der Waals surface area (Å²) in [6, 6.07) is 0. The molecule has 0 aromatic carbocycles. The van der Waals surface area contributed by atoms with E-state index >= 15 is 0 Å². The first kappa shape index (κ1) is 6.96. The number of aromatic nitrogens is 2. The third-order valence-corrected chi connectivity index (χ3v) is 1.69. The molecular weight excluding hydrogens is 160 g/mol. The third kappa shape index (κ3) is 0.810. The van der Waals surface area contributed by atoms with Gasteiger partial charge in [0.1, 0.15) is 5.69 Å². The Hall–Kier alpha value is -1.72. The standard InChI is InChI=1S/C6H8N4O2/c1-3-4-5(10(2)8-3)7-6(11)12-9-4/h9H,1-2H3,(H,7,11). The van der Waals surface area contributed by atoms with Crippen LogP contribution in [-0.4, -0.2) is 15.9 Å². The zero-order valence-electron chi connectivity index (χ0n) is 6.71. The number of hydrogen-bond acceptors (Lipinski definition) is 4. The molecule has 2 heterocycles. The van der Waals surface area contributed by atoms with E-state index in [9.17, 15) is 4.79 Å². The number of amides is 1. The Morgan fingerprint density at radius 2 is 2.33 bits per heavy atom. The van der Waals surface area contributed by atoms with Crippen LogP contribution in [0, 0.1) is 6.92 Å². The summed E-state index contributed by atoms with van der Waals surface area (Å²) in [4.78, 5) is 15.3. The zero-order valence-corrected chi connectivity index (χ0v) is 6.71. The second kappa shape index (κ2) is 2.13. The number of anilines is 2. The van der Waals surface area contributed by atoms with E-state index in [4.69, 9.17) is 0 Å². The maximum Gasteiger partial charge on any atom is 0.437 e. The Bertz CT molecular complexity index is 344. The molecular formula is C6H8N4O2. The zero-order chi connectivity index (χ0) is 8.72. The van der Waals surface area contributed by atoms with Crippen LogP contribution in [0.5, 0.6) is 0 Å². The Kier molecular flexibility index (Phi) is 1.24. The van der Waals surface area contributed by atoms with Crippen molar-refractivity contribution in [2.75, 3.05) is 10.8 Å². The minimum atomic E-state index is -0.523. The van der Waals surface area contributed by atoms with Crippen molar-refractivity contribution in [3.05, 3.63) is 5.69 Å². The highest BCUT2D eigenvalue weighted by atomic mass is 16.7. The molecule has 1 aromatic rings. The molecule has 0 saturated heterocycles. The Morgan fingerprint density at radius 1 is 1.58 bits per heavy atom. The molecule has 0 aliphatic carbocycles. The average molecular weight is 168 g/mol. The van der Waals surface area contributed by atoms with Crippen LogP contribution >= 0.6 is 0 Å². The van der Waals surface area contributed by atoms with Gasteiger partial charge in [0.05, 0.1) is 5.69 Å². The van der Waals surface area contributed by atoms with Crippen LogP contribution in [-0.2, 0) is 11.9 Å². The second-order valence-electron chi connectivity index (χ2n) is 2.55. The first-order valence-corrected chi connectivity index (χ1v) is 3.46. The molecule has 0 fully saturated rings. The summed E-state index contributed by atoms with van der Waals surface area (Å²) in [5.41, 5.74) is 4.00. The van der Waals surface area contributed by atoms with Crippen LogP contribution in [0.25, 0.3) is 0 Å². The van der Waals surface area contributed by atoms with E-state index in [1.165, 1.54) is 0 Å². The second-order valence-corrected chi connectivity index (χ2v) is 2.55. The first-order chi connectivity index (χ1) is 5.68. The van der Waals surface area contributed by atoms with E-state index in [1.54, 1.807) is 11.7 Å². The SMILES string of the molecule is Cc1nn(C)c2c1NOC(=O)N2. The normalized spacial score (nSPS) is 14.3. The van der Waals surface area contributed by atoms with E-state index < -0.39 is 6.09 Å². The molecule has 0 spiro atoms. The van der Waals surface area contributed by atoms with Crippen LogP contribution in [0.3, 0.4) is 0 Å². The number of carbonyl (C=O) groups excluding carboxylic acids is 1. The molecule has 6 nitrogen and oxygen atoms in total. The van der Waals surface area contributed by atoms with Gasteiger partial charge in [0, 0.05) is 7.05 Å². The van der Waals surface area contributed by atoms with E-state index in [-0.39, 0.29) is 0 Å². The summed E-state index contributed by atoms with van der Waals surface area (Å²) in [6.45, 7) is 1.83. The molecule has 0 bridgehead atoms. The molecule has 1 aliphatic rings. The molecule has 64 valence electrons. The van der Waals surface area contributed by atoms with E-state index in [0.29, 0.717) is 11.5 Å². The lowest BCUT2D eigenvalue weighted by molar-refractivity contribution is 0.183. The molecule has 1 aliphatic heterocycles. The summed E-state index contributed by atoms with van der Waals surface area (Å²) < 4.78 is 1.58. The van der Waals surface area contributed by atoms with Crippen molar-refractivity contribution in [1.29, 1.82) is 0 Å². The van der Waals surface area contributed by atoms with Crippen molar-refractivity contribution in [2.24, 2.45) is 7.05 Å². The van der Waals surface area contributed by atoms with Crippen LogP contribution < -0.4 is 10.8 Å². The third-order valence-electron chi connectivity index (χ3n) is 1.69. The van der Waals surface area contributed by atoms with Crippen LogP contribution in [0.2, 0.25) is 0 Å². The van der Waals surface area contributed by atoms with Crippen molar-refractivity contribution in [2.45, 2.75) is 6.92 Å². The summed E-state index contributed by atoms with van der Waals surface area (Å²) >= 11 is 0. The number of hydrogen-bond donors (Lipinski definition) is 2. The molecule has 0 atom stereocenters. The molecule has 6 heteroatoms. The monoisotopic (exact) mass is 168 g/mol. The molecule has 0 saturated carbocycles. The van der Waals surface area contributed by atoms with Crippen LogP contribution in [0.1, 0.15) is 5.69 Å². The van der Waals surface area contributed by atoms with Gasteiger partial charge in [0.2, 0.25) is 0 Å². The molecule has 2 rings (SSSR count). The Balaban J connectivity index is 2.51. The predicted octanol–water partition coefficient (Wildman–Crippen LogP) is 0.618. The van der Waals surface area contributed by atoms with Gasteiger partial charge < -0.3 is 4.84 Å². The van der Waals surface area contributed by atoms with Gasteiger partial charge in [-0.05, 0) is 6.92 Å². The number of carbonyl (C=O) groups is 1. The number of rotatable bonds is 0. The topological polar surface area (TPSA) is 68.2 Å². The Labute approximate surface area is 68.5 Å². The number of fused-ring (bicyclic) bond motifs is 1. The fourth-order valence-corrected chi connectivity index (χ4v) is 1.14. The molecule has 2 N–H and O–H groups in total. The highest BCUT2D eigenvalue weighted by Crippen LogP contribution is 2.27. The van der Waals surface area contributed by atoms with Gasteiger partial charge in [0.25, 0.3) is 0 Å². The first-order valence-electron chi connectivity index (χ1n) is 3.46. The fraction of sp³-hybridized carbons (Fsp3) is 0.333. The summed E-state index contributed by atoms with van der Waals surface area (Å²) in [6.07, 6.45) is -0.523. The van der Waals surface area contributed by atoms with Gasteiger partial charge in [-0.25, -0.2) is 10.3 Å². The van der Waals surface area contributed by atoms with Crippen LogP contribution in [0.4, 0.5) is 16.3 Å². The van der Waals surface area contributed by atoms with E-state index in [2.05, 4.69) is 20.7 Å². The fourth-order valence-electron chi connectivity index (χ4n) is 1.14. The maximum absolute atomic E-state index is 10.8. The highest BCUT2D eigenvalue weighted by molar-refractivity contribution is 5.91. The van der Waals surface area contributed by atoms with Gasteiger partial charge in [-0.1, -0.05) is 0 Å².